The lowest BCUT2D eigenvalue weighted by Crippen LogP contribution is -2.16. The molecule has 0 atom stereocenters. The van der Waals surface area contributed by atoms with Crippen LogP contribution in [0.3, 0.4) is 0 Å². The van der Waals surface area contributed by atoms with Crippen molar-refractivity contribution < 1.29 is 19.1 Å². The quantitative estimate of drug-likeness (QED) is 0.134. The van der Waals surface area contributed by atoms with Gasteiger partial charge >= 0.3 is 5.97 Å². The number of hydrogen-bond acceptors (Lipinski definition) is 6. The minimum atomic E-state index is -0.456. The van der Waals surface area contributed by atoms with Gasteiger partial charge in [0.1, 0.15) is 16.4 Å². The Morgan fingerprint density at radius 2 is 1.82 bits per heavy atom. The molecule has 1 aromatic heterocycles. The van der Waals surface area contributed by atoms with Gasteiger partial charge in [-0.3, -0.25) is 4.79 Å². The normalized spacial score (nSPS) is 11.0. The van der Waals surface area contributed by atoms with Crippen LogP contribution < -0.4 is 14.9 Å². The maximum Gasteiger partial charge on any atom is 0.343 e. The van der Waals surface area contributed by atoms with Crippen molar-refractivity contribution in [1.29, 1.82) is 0 Å². The molecule has 166 valence electrons. The predicted octanol–water partition coefficient (Wildman–Crippen LogP) is 6.31. The molecule has 0 aliphatic rings. The number of fused-ring (bicyclic) bond motifs is 1. The van der Waals surface area contributed by atoms with Gasteiger partial charge in [0.15, 0.2) is 0 Å². The SMILES string of the molecule is COc1ccc2c(Cl)c(C(=O)N/N=C/c3ccc(OC(=O)c4cccc(Br)c4)cc3)sc2c1. The number of benzene rings is 3. The Kier molecular flexibility index (Phi) is 7.08. The number of thiophene rings is 1. The summed E-state index contributed by atoms with van der Waals surface area (Å²) in [7, 11) is 1.58. The van der Waals surface area contributed by atoms with Crippen molar-refractivity contribution in [3.63, 3.8) is 0 Å². The largest absolute Gasteiger partial charge is 0.497 e. The Hall–Kier alpha value is -3.20. The molecule has 0 aliphatic carbocycles. The van der Waals surface area contributed by atoms with E-state index in [-0.39, 0.29) is 0 Å². The van der Waals surface area contributed by atoms with Crippen LogP contribution in [0.5, 0.6) is 11.5 Å². The van der Waals surface area contributed by atoms with Crippen LogP contribution in [0.4, 0.5) is 0 Å². The second kappa shape index (κ2) is 10.2. The number of hydrogen-bond donors (Lipinski definition) is 1. The maximum atomic E-state index is 12.5. The fraction of sp³-hybridized carbons (Fsp3) is 0.0417. The van der Waals surface area contributed by atoms with Crippen LogP contribution in [0.1, 0.15) is 25.6 Å². The van der Waals surface area contributed by atoms with Gasteiger partial charge < -0.3 is 9.47 Å². The molecular formula is C24H16BrClN2O4S. The maximum absolute atomic E-state index is 12.5. The van der Waals surface area contributed by atoms with Crippen LogP contribution in [0.2, 0.25) is 5.02 Å². The second-order valence-electron chi connectivity index (χ2n) is 6.78. The van der Waals surface area contributed by atoms with E-state index in [2.05, 4.69) is 26.5 Å². The number of carbonyl (C=O) groups excluding carboxylic acids is 2. The summed E-state index contributed by atoms with van der Waals surface area (Å²) in [5.41, 5.74) is 3.64. The molecule has 0 fully saturated rings. The highest BCUT2D eigenvalue weighted by Gasteiger charge is 2.17. The molecule has 1 heterocycles. The summed E-state index contributed by atoms with van der Waals surface area (Å²) >= 11 is 11.0. The number of ether oxygens (including phenoxy) is 2. The summed E-state index contributed by atoms with van der Waals surface area (Å²) in [6.07, 6.45) is 1.49. The van der Waals surface area contributed by atoms with Crippen LogP contribution in [0.25, 0.3) is 10.1 Å². The van der Waals surface area contributed by atoms with Crippen molar-refractivity contribution in [3.8, 4) is 11.5 Å². The molecule has 33 heavy (non-hydrogen) atoms. The number of hydrazone groups is 1. The number of amides is 1. The summed E-state index contributed by atoms with van der Waals surface area (Å²) in [6, 6.07) is 19.1. The molecule has 0 spiro atoms. The molecule has 1 N–H and O–H groups in total. The number of esters is 1. The molecule has 3 aromatic carbocycles. The van der Waals surface area contributed by atoms with Gasteiger partial charge in [-0.25, -0.2) is 10.2 Å². The van der Waals surface area contributed by atoms with E-state index < -0.39 is 11.9 Å². The van der Waals surface area contributed by atoms with Gasteiger partial charge in [-0.1, -0.05) is 33.6 Å². The highest BCUT2D eigenvalue weighted by atomic mass is 79.9. The van der Waals surface area contributed by atoms with Crippen LogP contribution in [-0.4, -0.2) is 25.2 Å². The molecular weight excluding hydrogens is 528 g/mol. The van der Waals surface area contributed by atoms with E-state index >= 15 is 0 Å². The molecule has 0 bridgehead atoms. The number of nitrogens with one attached hydrogen (secondary N) is 1. The highest BCUT2D eigenvalue weighted by Crippen LogP contribution is 2.37. The smallest absolute Gasteiger partial charge is 0.343 e. The zero-order valence-corrected chi connectivity index (χ0v) is 20.3. The van der Waals surface area contributed by atoms with Gasteiger partial charge in [-0.15, -0.1) is 11.3 Å². The van der Waals surface area contributed by atoms with Gasteiger partial charge in [-0.05, 0) is 66.2 Å². The minimum absolute atomic E-state index is 0.367. The lowest BCUT2D eigenvalue weighted by molar-refractivity contribution is 0.0734. The standard InChI is InChI=1S/C24H16BrClN2O4S/c1-31-18-9-10-19-20(12-18)33-22(21(19)26)23(29)28-27-13-14-5-7-17(8-6-14)32-24(30)15-3-2-4-16(25)11-15/h2-13H,1H3,(H,28,29)/b27-13+. The number of halogens is 2. The summed E-state index contributed by atoms with van der Waals surface area (Å²) in [4.78, 5) is 25.1. The third-order valence-electron chi connectivity index (χ3n) is 4.57. The first kappa shape index (κ1) is 23.0. The Labute approximate surface area is 206 Å². The molecule has 0 saturated carbocycles. The molecule has 4 aromatic rings. The molecule has 0 saturated heterocycles. The first-order valence-electron chi connectivity index (χ1n) is 9.62. The van der Waals surface area contributed by atoms with Crippen LogP contribution >= 0.6 is 38.9 Å². The zero-order valence-electron chi connectivity index (χ0n) is 17.2. The molecule has 0 radical (unpaired) electrons. The summed E-state index contributed by atoms with van der Waals surface area (Å²) in [5.74, 6) is 0.226. The van der Waals surface area contributed by atoms with Crippen molar-refractivity contribution in [1.82, 2.24) is 5.43 Å². The topological polar surface area (TPSA) is 77.0 Å². The first-order chi connectivity index (χ1) is 15.9. The van der Waals surface area contributed by atoms with Crippen molar-refractivity contribution >= 4 is 67.0 Å². The van der Waals surface area contributed by atoms with Crippen LogP contribution in [-0.2, 0) is 0 Å². The molecule has 0 aliphatic heterocycles. The van der Waals surface area contributed by atoms with E-state index in [1.807, 2.05) is 18.2 Å². The number of carbonyl (C=O) groups is 2. The van der Waals surface area contributed by atoms with Gasteiger partial charge in [0.2, 0.25) is 0 Å². The third-order valence-corrected chi connectivity index (χ3v) is 6.72. The average Bonchev–Trinajstić information content (AvgIpc) is 3.15. The number of nitrogens with zero attached hydrogens (tertiary/aromatic N) is 1. The fourth-order valence-electron chi connectivity index (χ4n) is 2.94. The van der Waals surface area contributed by atoms with Crippen molar-refractivity contribution in [2.75, 3.05) is 7.11 Å². The fourth-order valence-corrected chi connectivity index (χ4v) is 4.77. The lowest BCUT2D eigenvalue weighted by atomic mass is 10.2. The van der Waals surface area contributed by atoms with E-state index in [1.54, 1.807) is 55.6 Å². The molecule has 9 heteroatoms. The van der Waals surface area contributed by atoms with E-state index in [0.29, 0.717) is 32.5 Å². The van der Waals surface area contributed by atoms with Crippen molar-refractivity contribution in [2.45, 2.75) is 0 Å². The van der Waals surface area contributed by atoms with Gasteiger partial charge in [-0.2, -0.15) is 5.10 Å². The zero-order chi connectivity index (χ0) is 23.4. The second-order valence-corrected chi connectivity index (χ2v) is 9.12. The van der Waals surface area contributed by atoms with Crippen molar-refractivity contribution in [2.24, 2.45) is 5.10 Å². The molecule has 4 rings (SSSR count). The number of methoxy groups -OCH3 is 1. The van der Waals surface area contributed by atoms with Crippen LogP contribution in [0, 0.1) is 0 Å². The summed E-state index contributed by atoms with van der Waals surface area (Å²) in [6.45, 7) is 0. The first-order valence-corrected chi connectivity index (χ1v) is 11.6. The Morgan fingerprint density at radius 1 is 1.06 bits per heavy atom. The van der Waals surface area contributed by atoms with Gasteiger partial charge in [0, 0.05) is 14.6 Å². The number of rotatable bonds is 6. The Morgan fingerprint density at radius 3 is 2.55 bits per heavy atom. The average molecular weight is 544 g/mol. The summed E-state index contributed by atoms with van der Waals surface area (Å²) in [5, 5.41) is 5.16. The minimum Gasteiger partial charge on any atom is -0.497 e. The Bertz CT molecular complexity index is 1370. The van der Waals surface area contributed by atoms with E-state index in [0.717, 1.165) is 14.6 Å². The van der Waals surface area contributed by atoms with E-state index in [1.165, 1.54) is 17.6 Å². The van der Waals surface area contributed by atoms with Gasteiger partial charge in [0.05, 0.1) is 23.9 Å². The van der Waals surface area contributed by atoms with E-state index in [9.17, 15) is 9.59 Å². The highest BCUT2D eigenvalue weighted by molar-refractivity contribution is 9.10. The Balaban J connectivity index is 1.38. The predicted molar refractivity (Wildman–Crippen MR) is 134 cm³/mol. The summed E-state index contributed by atoms with van der Waals surface area (Å²) < 4.78 is 12.2. The molecule has 0 unspecified atom stereocenters. The van der Waals surface area contributed by atoms with Crippen LogP contribution in [0.15, 0.2) is 76.3 Å². The lowest BCUT2D eigenvalue weighted by Gasteiger charge is -2.05. The van der Waals surface area contributed by atoms with E-state index in [4.69, 9.17) is 21.1 Å². The molecule has 1 amide bonds. The molecule has 6 nitrogen and oxygen atoms in total. The van der Waals surface area contributed by atoms with Gasteiger partial charge in [0.25, 0.3) is 5.91 Å². The monoisotopic (exact) mass is 542 g/mol. The van der Waals surface area contributed by atoms with Crippen molar-refractivity contribution in [3.05, 3.63) is 92.2 Å². The third kappa shape index (κ3) is 5.42.